The molecule has 2 heterocycles. The number of rotatable bonds is 2. The van der Waals surface area contributed by atoms with E-state index in [2.05, 4.69) is 20.9 Å². The highest BCUT2D eigenvalue weighted by molar-refractivity contribution is 9.10. The van der Waals surface area contributed by atoms with Crippen molar-refractivity contribution >= 4 is 32.3 Å². The van der Waals surface area contributed by atoms with Gasteiger partial charge in [-0.3, -0.25) is 4.98 Å². The number of thiazole rings is 1. The SMILES string of the molecule is Nc1sc(C2CCCC2)nc1-c1cncc(Br)c1. The highest BCUT2D eigenvalue weighted by Gasteiger charge is 2.22. The number of aromatic nitrogens is 2. The Morgan fingerprint density at radius 1 is 1.28 bits per heavy atom. The van der Waals surface area contributed by atoms with Gasteiger partial charge in [-0.1, -0.05) is 12.8 Å². The highest BCUT2D eigenvalue weighted by Crippen LogP contribution is 2.40. The second-order valence-electron chi connectivity index (χ2n) is 4.64. The van der Waals surface area contributed by atoms with E-state index < -0.39 is 0 Å². The number of nitrogens with zero attached hydrogens (tertiary/aromatic N) is 2. The van der Waals surface area contributed by atoms with Crippen LogP contribution >= 0.6 is 27.3 Å². The van der Waals surface area contributed by atoms with E-state index in [4.69, 9.17) is 10.7 Å². The summed E-state index contributed by atoms with van der Waals surface area (Å²) in [5.41, 5.74) is 7.98. The Labute approximate surface area is 119 Å². The van der Waals surface area contributed by atoms with Gasteiger partial charge in [0.15, 0.2) is 0 Å². The van der Waals surface area contributed by atoms with Gasteiger partial charge in [-0.25, -0.2) is 4.98 Å². The van der Waals surface area contributed by atoms with Crippen LogP contribution in [0, 0.1) is 0 Å². The molecule has 2 N–H and O–H groups in total. The van der Waals surface area contributed by atoms with Crippen LogP contribution in [0.3, 0.4) is 0 Å². The van der Waals surface area contributed by atoms with Gasteiger partial charge in [0.05, 0.1) is 5.01 Å². The van der Waals surface area contributed by atoms with Gasteiger partial charge >= 0.3 is 0 Å². The Morgan fingerprint density at radius 2 is 2.06 bits per heavy atom. The van der Waals surface area contributed by atoms with Gasteiger partial charge in [-0.15, -0.1) is 11.3 Å². The zero-order valence-electron chi connectivity index (χ0n) is 9.90. The molecule has 0 spiro atoms. The van der Waals surface area contributed by atoms with Gasteiger partial charge in [0, 0.05) is 28.3 Å². The minimum absolute atomic E-state index is 0.617. The molecule has 0 aromatic carbocycles. The van der Waals surface area contributed by atoms with E-state index in [-0.39, 0.29) is 0 Å². The summed E-state index contributed by atoms with van der Waals surface area (Å²) in [6.45, 7) is 0. The Balaban J connectivity index is 1.97. The van der Waals surface area contributed by atoms with E-state index in [1.807, 2.05) is 12.3 Å². The zero-order valence-corrected chi connectivity index (χ0v) is 12.3. The van der Waals surface area contributed by atoms with Crippen LogP contribution in [-0.4, -0.2) is 9.97 Å². The predicted molar refractivity (Wildman–Crippen MR) is 78.7 cm³/mol. The monoisotopic (exact) mass is 323 g/mol. The Hall–Kier alpha value is -0.940. The van der Waals surface area contributed by atoms with Gasteiger partial charge in [0.1, 0.15) is 10.7 Å². The largest absolute Gasteiger partial charge is 0.389 e. The van der Waals surface area contributed by atoms with Crippen LogP contribution in [0.15, 0.2) is 22.9 Å². The van der Waals surface area contributed by atoms with Crippen LogP contribution in [0.1, 0.15) is 36.6 Å². The van der Waals surface area contributed by atoms with Crippen molar-refractivity contribution in [3.8, 4) is 11.3 Å². The van der Waals surface area contributed by atoms with Crippen molar-refractivity contribution in [2.45, 2.75) is 31.6 Å². The third kappa shape index (κ3) is 2.29. The molecule has 2 aromatic rings. The maximum atomic E-state index is 6.10. The molecule has 0 bridgehead atoms. The Bertz CT molecular complexity index is 561. The van der Waals surface area contributed by atoms with Gasteiger partial charge in [0.2, 0.25) is 0 Å². The molecule has 0 aliphatic heterocycles. The third-order valence-electron chi connectivity index (χ3n) is 3.35. The lowest BCUT2D eigenvalue weighted by atomic mass is 10.1. The Kier molecular flexibility index (Phi) is 3.35. The average Bonchev–Trinajstić information content (AvgIpc) is 2.97. The first-order valence-corrected chi connectivity index (χ1v) is 7.72. The summed E-state index contributed by atoms with van der Waals surface area (Å²) in [7, 11) is 0. The highest BCUT2D eigenvalue weighted by atomic mass is 79.9. The maximum absolute atomic E-state index is 6.10. The van der Waals surface area contributed by atoms with E-state index in [0.717, 1.165) is 20.7 Å². The fourth-order valence-electron chi connectivity index (χ4n) is 2.44. The summed E-state index contributed by atoms with van der Waals surface area (Å²) in [6, 6.07) is 2.01. The quantitative estimate of drug-likeness (QED) is 0.900. The number of halogens is 1. The van der Waals surface area contributed by atoms with Crippen LogP contribution in [0.5, 0.6) is 0 Å². The number of pyridine rings is 1. The molecule has 0 unspecified atom stereocenters. The molecule has 0 saturated heterocycles. The van der Waals surface area contributed by atoms with Gasteiger partial charge < -0.3 is 5.73 Å². The van der Waals surface area contributed by atoms with Crippen molar-refractivity contribution in [3.63, 3.8) is 0 Å². The van der Waals surface area contributed by atoms with E-state index in [1.54, 1.807) is 17.5 Å². The molecule has 3 rings (SSSR count). The molecule has 1 aliphatic carbocycles. The van der Waals surface area contributed by atoms with Crippen LogP contribution in [0.4, 0.5) is 5.00 Å². The predicted octanol–water partition coefficient (Wildman–Crippen LogP) is 4.21. The first-order valence-electron chi connectivity index (χ1n) is 6.11. The molecule has 1 aliphatic rings. The minimum Gasteiger partial charge on any atom is -0.389 e. The molecular formula is C13H14BrN3S. The van der Waals surface area contributed by atoms with E-state index in [1.165, 1.54) is 30.7 Å². The van der Waals surface area contributed by atoms with Crippen molar-refractivity contribution in [1.29, 1.82) is 0 Å². The molecule has 3 nitrogen and oxygen atoms in total. The summed E-state index contributed by atoms with van der Waals surface area (Å²) in [4.78, 5) is 8.91. The molecule has 94 valence electrons. The van der Waals surface area contributed by atoms with Crippen molar-refractivity contribution < 1.29 is 0 Å². The number of hydrogen-bond acceptors (Lipinski definition) is 4. The number of nitrogens with two attached hydrogens (primary N) is 1. The molecular weight excluding hydrogens is 310 g/mol. The maximum Gasteiger partial charge on any atom is 0.114 e. The van der Waals surface area contributed by atoms with Crippen molar-refractivity contribution in [2.75, 3.05) is 5.73 Å². The van der Waals surface area contributed by atoms with Crippen LogP contribution in [-0.2, 0) is 0 Å². The molecule has 18 heavy (non-hydrogen) atoms. The first kappa shape index (κ1) is 12.1. The fraction of sp³-hybridized carbons (Fsp3) is 0.385. The lowest BCUT2D eigenvalue weighted by Crippen LogP contribution is -1.91. The molecule has 5 heteroatoms. The zero-order chi connectivity index (χ0) is 12.5. The van der Waals surface area contributed by atoms with E-state index >= 15 is 0 Å². The van der Waals surface area contributed by atoms with Crippen LogP contribution in [0.25, 0.3) is 11.3 Å². The molecule has 0 atom stereocenters. The van der Waals surface area contributed by atoms with Gasteiger partial charge in [0.25, 0.3) is 0 Å². The van der Waals surface area contributed by atoms with Gasteiger partial charge in [-0.2, -0.15) is 0 Å². The summed E-state index contributed by atoms with van der Waals surface area (Å²) in [6.07, 6.45) is 8.72. The van der Waals surface area contributed by atoms with E-state index in [9.17, 15) is 0 Å². The summed E-state index contributed by atoms with van der Waals surface area (Å²) in [5.74, 6) is 0.617. The van der Waals surface area contributed by atoms with Crippen molar-refractivity contribution in [2.24, 2.45) is 0 Å². The number of hydrogen-bond donors (Lipinski definition) is 1. The number of anilines is 1. The normalized spacial score (nSPS) is 16.3. The summed E-state index contributed by atoms with van der Waals surface area (Å²) in [5, 5.41) is 2.00. The minimum atomic E-state index is 0.617. The Morgan fingerprint density at radius 3 is 2.78 bits per heavy atom. The number of nitrogen functional groups attached to an aromatic ring is 1. The van der Waals surface area contributed by atoms with Crippen molar-refractivity contribution in [1.82, 2.24) is 9.97 Å². The van der Waals surface area contributed by atoms with Gasteiger partial charge in [-0.05, 0) is 34.8 Å². The lowest BCUT2D eigenvalue weighted by molar-refractivity contribution is 0.717. The lowest BCUT2D eigenvalue weighted by Gasteiger charge is -2.02. The smallest absolute Gasteiger partial charge is 0.114 e. The van der Waals surface area contributed by atoms with Crippen LogP contribution < -0.4 is 5.73 Å². The standard InChI is InChI=1S/C13H14BrN3S/c14-10-5-9(6-16-7-10)11-12(15)18-13(17-11)8-3-1-2-4-8/h5-8H,1-4,15H2. The molecule has 0 radical (unpaired) electrons. The van der Waals surface area contributed by atoms with Crippen molar-refractivity contribution in [3.05, 3.63) is 27.9 Å². The molecule has 1 saturated carbocycles. The topological polar surface area (TPSA) is 51.8 Å². The second kappa shape index (κ2) is 4.97. The molecule has 1 fully saturated rings. The van der Waals surface area contributed by atoms with Crippen LogP contribution in [0.2, 0.25) is 0 Å². The first-order chi connectivity index (χ1) is 8.74. The summed E-state index contributed by atoms with van der Waals surface area (Å²) < 4.78 is 0.954. The molecule has 2 aromatic heterocycles. The second-order valence-corrected chi connectivity index (χ2v) is 6.62. The van der Waals surface area contributed by atoms with E-state index in [0.29, 0.717) is 5.92 Å². The fourth-order valence-corrected chi connectivity index (χ4v) is 3.83. The average molecular weight is 324 g/mol. The molecule has 0 amide bonds. The summed E-state index contributed by atoms with van der Waals surface area (Å²) >= 11 is 5.07. The third-order valence-corrected chi connectivity index (χ3v) is 4.83.